The first kappa shape index (κ1) is 16.2. The van der Waals surface area contributed by atoms with Crippen molar-refractivity contribution in [1.82, 2.24) is 0 Å². The third-order valence-electron chi connectivity index (χ3n) is 4.49. The monoisotopic (exact) mass is 296 g/mol. The zero-order valence-corrected chi connectivity index (χ0v) is 13.0. The van der Waals surface area contributed by atoms with Crippen LogP contribution in [0, 0.1) is 11.6 Å². The molecule has 1 atom stereocenters. The van der Waals surface area contributed by atoms with Gasteiger partial charge in [-0.1, -0.05) is 19.8 Å². The Morgan fingerprint density at radius 1 is 1.19 bits per heavy atom. The molecule has 1 unspecified atom stereocenters. The van der Waals surface area contributed by atoms with Gasteiger partial charge in [0.25, 0.3) is 0 Å². The van der Waals surface area contributed by atoms with E-state index in [4.69, 9.17) is 5.73 Å². The van der Waals surface area contributed by atoms with Crippen LogP contribution in [0.25, 0.3) is 0 Å². The van der Waals surface area contributed by atoms with Crippen LogP contribution in [0.4, 0.5) is 14.5 Å². The Morgan fingerprint density at radius 3 is 2.24 bits per heavy atom. The molecule has 2 nitrogen and oxygen atoms in total. The van der Waals surface area contributed by atoms with E-state index in [0.29, 0.717) is 18.5 Å². The molecular formula is C17H26F2N2. The van der Waals surface area contributed by atoms with Crippen molar-refractivity contribution in [2.75, 3.05) is 11.4 Å². The van der Waals surface area contributed by atoms with Crippen molar-refractivity contribution in [3.05, 3.63) is 29.3 Å². The van der Waals surface area contributed by atoms with E-state index < -0.39 is 11.6 Å². The van der Waals surface area contributed by atoms with Gasteiger partial charge in [-0.15, -0.1) is 0 Å². The number of nitrogens with two attached hydrogens (primary N) is 1. The van der Waals surface area contributed by atoms with Gasteiger partial charge in [-0.3, -0.25) is 0 Å². The van der Waals surface area contributed by atoms with Gasteiger partial charge in [-0.2, -0.15) is 0 Å². The number of halogens is 2. The van der Waals surface area contributed by atoms with Gasteiger partial charge < -0.3 is 10.6 Å². The van der Waals surface area contributed by atoms with Crippen molar-refractivity contribution in [2.45, 2.75) is 64.5 Å². The predicted octanol–water partition coefficient (Wildman–Crippen LogP) is 4.01. The summed E-state index contributed by atoms with van der Waals surface area (Å²) in [5, 5.41) is 0. The lowest BCUT2D eigenvalue weighted by atomic mass is 10.0. The molecule has 2 N–H and O–H groups in total. The summed E-state index contributed by atoms with van der Waals surface area (Å²) in [4.78, 5) is 1.89. The second-order valence-electron chi connectivity index (χ2n) is 6.00. The maximum absolute atomic E-state index is 14.4. The Labute approximate surface area is 126 Å². The maximum Gasteiger partial charge on any atom is 0.149 e. The average Bonchev–Trinajstić information content (AvgIpc) is 2.96. The van der Waals surface area contributed by atoms with E-state index in [1.54, 1.807) is 0 Å². The third kappa shape index (κ3) is 3.73. The summed E-state index contributed by atoms with van der Waals surface area (Å²) < 4.78 is 28.9. The summed E-state index contributed by atoms with van der Waals surface area (Å²) in [7, 11) is 0. The highest BCUT2D eigenvalue weighted by atomic mass is 19.1. The highest BCUT2D eigenvalue weighted by Gasteiger charge is 2.26. The minimum atomic E-state index is -0.456. The van der Waals surface area contributed by atoms with Crippen molar-refractivity contribution in [3.63, 3.8) is 0 Å². The fourth-order valence-electron chi connectivity index (χ4n) is 3.27. The fraction of sp³-hybridized carbons (Fsp3) is 0.647. The van der Waals surface area contributed by atoms with Crippen molar-refractivity contribution in [1.29, 1.82) is 0 Å². The van der Waals surface area contributed by atoms with E-state index in [1.807, 2.05) is 18.7 Å². The van der Waals surface area contributed by atoms with Crippen LogP contribution in [-0.4, -0.2) is 18.6 Å². The molecule has 1 fully saturated rings. The van der Waals surface area contributed by atoms with Crippen LogP contribution >= 0.6 is 0 Å². The summed E-state index contributed by atoms with van der Waals surface area (Å²) in [6.45, 7) is 4.56. The lowest BCUT2D eigenvalue weighted by Gasteiger charge is -2.30. The largest absolute Gasteiger partial charge is 0.364 e. The van der Waals surface area contributed by atoms with Crippen LogP contribution in [0.2, 0.25) is 0 Å². The van der Waals surface area contributed by atoms with E-state index in [1.165, 1.54) is 12.1 Å². The maximum atomic E-state index is 14.4. The van der Waals surface area contributed by atoms with Crippen molar-refractivity contribution in [2.24, 2.45) is 5.73 Å². The van der Waals surface area contributed by atoms with E-state index in [2.05, 4.69) is 0 Å². The first-order chi connectivity index (χ1) is 10.1. The smallest absolute Gasteiger partial charge is 0.149 e. The number of rotatable bonds is 6. The van der Waals surface area contributed by atoms with E-state index in [-0.39, 0.29) is 17.8 Å². The Bertz CT molecular complexity index is 447. The van der Waals surface area contributed by atoms with Gasteiger partial charge in [0.1, 0.15) is 17.3 Å². The molecule has 1 aliphatic carbocycles. The lowest BCUT2D eigenvalue weighted by Crippen LogP contribution is -2.34. The van der Waals surface area contributed by atoms with Crippen LogP contribution in [0.15, 0.2) is 12.1 Å². The Hall–Kier alpha value is -1.16. The number of hydrogen-bond acceptors (Lipinski definition) is 2. The highest BCUT2D eigenvalue weighted by Crippen LogP contribution is 2.32. The van der Waals surface area contributed by atoms with Crippen LogP contribution in [0.1, 0.15) is 51.5 Å². The van der Waals surface area contributed by atoms with Crippen LogP contribution in [-0.2, 0) is 6.42 Å². The molecule has 1 saturated carbocycles. The SMILES string of the molecule is CCC(N)Cc1cc(F)c(N(CC)C2CCCC2)c(F)c1. The van der Waals surface area contributed by atoms with Gasteiger partial charge in [-0.25, -0.2) is 8.78 Å². The Morgan fingerprint density at radius 2 is 1.76 bits per heavy atom. The predicted molar refractivity (Wildman–Crippen MR) is 83.6 cm³/mol. The number of anilines is 1. The molecule has 0 amide bonds. The number of benzene rings is 1. The first-order valence-electron chi connectivity index (χ1n) is 8.06. The topological polar surface area (TPSA) is 29.3 Å². The summed E-state index contributed by atoms with van der Waals surface area (Å²) in [6.07, 6.45) is 5.65. The van der Waals surface area contributed by atoms with Gasteiger partial charge in [-0.05, 0) is 50.3 Å². The van der Waals surface area contributed by atoms with Crippen molar-refractivity contribution in [3.8, 4) is 0 Å². The molecule has 1 aliphatic rings. The van der Waals surface area contributed by atoms with Crippen LogP contribution in [0.3, 0.4) is 0 Å². The molecule has 21 heavy (non-hydrogen) atoms. The third-order valence-corrected chi connectivity index (χ3v) is 4.49. The second kappa shape index (κ2) is 7.21. The fourth-order valence-corrected chi connectivity index (χ4v) is 3.27. The van der Waals surface area contributed by atoms with Crippen LogP contribution in [0.5, 0.6) is 0 Å². The summed E-state index contributed by atoms with van der Waals surface area (Å²) in [5.41, 5.74) is 6.65. The molecule has 0 bridgehead atoms. The van der Waals surface area contributed by atoms with Crippen molar-refractivity contribution >= 4 is 5.69 Å². The van der Waals surface area contributed by atoms with Gasteiger partial charge in [0, 0.05) is 18.6 Å². The molecule has 4 heteroatoms. The van der Waals surface area contributed by atoms with Crippen LogP contribution < -0.4 is 10.6 Å². The Balaban J connectivity index is 2.26. The quantitative estimate of drug-likeness (QED) is 0.859. The molecular weight excluding hydrogens is 270 g/mol. The van der Waals surface area contributed by atoms with Crippen molar-refractivity contribution < 1.29 is 8.78 Å². The summed E-state index contributed by atoms with van der Waals surface area (Å²) >= 11 is 0. The average molecular weight is 296 g/mol. The van der Waals surface area contributed by atoms with E-state index in [0.717, 1.165) is 32.1 Å². The summed E-state index contributed by atoms with van der Waals surface area (Å²) in [6, 6.07) is 3.12. The molecule has 0 heterocycles. The normalized spacial score (nSPS) is 17.2. The standard InChI is InChI=1S/C17H26F2N2/c1-3-13(20)9-12-10-15(18)17(16(19)11-12)21(4-2)14-7-5-6-8-14/h10-11,13-14H,3-9,20H2,1-2H3. The zero-order chi connectivity index (χ0) is 15.4. The molecule has 2 rings (SSSR count). The Kier molecular flexibility index (Phi) is 5.57. The molecule has 0 aromatic heterocycles. The van der Waals surface area contributed by atoms with Gasteiger partial charge >= 0.3 is 0 Å². The zero-order valence-electron chi connectivity index (χ0n) is 13.0. The number of nitrogens with zero attached hydrogens (tertiary/aromatic N) is 1. The molecule has 1 aromatic rings. The van der Waals surface area contributed by atoms with E-state index >= 15 is 0 Å². The van der Waals surface area contributed by atoms with E-state index in [9.17, 15) is 8.78 Å². The van der Waals surface area contributed by atoms with Gasteiger partial charge in [0.2, 0.25) is 0 Å². The highest BCUT2D eigenvalue weighted by molar-refractivity contribution is 5.52. The molecule has 0 saturated heterocycles. The van der Waals surface area contributed by atoms with Gasteiger partial charge in [0.15, 0.2) is 0 Å². The minimum absolute atomic E-state index is 0.0493. The molecule has 0 radical (unpaired) electrons. The van der Waals surface area contributed by atoms with Gasteiger partial charge in [0.05, 0.1) is 0 Å². The second-order valence-corrected chi connectivity index (χ2v) is 6.00. The number of hydrogen-bond donors (Lipinski definition) is 1. The minimum Gasteiger partial charge on any atom is -0.364 e. The molecule has 1 aromatic carbocycles. The lowest BCUT2D eigenvalue weighted by molar-refractivity contribution is 0.536. The molecule has 0 aliphatic heterocycles. The summed E-state index contributed by atoms with van der Waals surface area (Å²) in [5.74, 6) is -0.913. The first-order valence-corrected chi connectivity index (χ1v) is 8.06. The molecule has 0 spiro atoms. The molecule has 118 valence electrons.